The zero-order chi connectivity index (χ0) is 19.9. The Bertz CT molecular complexity index is 1190. The highest BCUT2D eigenvalue weighted by Gasteiger charge is 2.20. The molecule has 6 heteroatoms. The number of fused-ring (bicyclic) bond motifs is 3. The normalized spacial score (nSPS) is 11.7. The number of nitrogens with zero attached hydrogens (tertiary/aromatic N) is 2. The van der Waals surface area contributed by atoms with Crippen molar-refractivity contribution in [2.75, 3.05) is 5.32 Å². The Morgan fingerprint density at radius 2 is 1.93 bits per heavy atom. The topological polar surface area (TPSA) is 64.1 Å². The summed E-state index contributed by atoms with van der Waals surface area (Å²) in [6, 6.07) is 13.8. The van der Waals surface area contributed by atoms with E-state index in [-0.39, 0.29) is 5.97 Å². The van der Waals surface area contributed by atoms with Crippen LogP contribution in [0.2, 0.25) is 0 Å². The van der Waals surface area contributed by atoms with E-state index >= 15 is 0 Å². The van der Waals surface area contributed by atoms with Gasteiger partial charge in [-0.3, -0.25) is 0 Å². The third kappa shape index (κ3) is 3.68. The van der Waals surface area contributed by atoms with Crippen LogP contribution in [-0.2, 0) is 4.74 Å². The average molecular weight is 391 g/mol. The molecule has 0 aliphatic carbocycles. The number of ether oxygens (including phenoxy) is 1. The number of carbonyl (C=O) groups is 1. The van der Waals surface area contributed by atoms with Gasteiger partial charge >= 0.3 is 5.97 Å². The fourth-order valence-electron chi connectivity index (χ4n) is 2.93. The summed E-state index contributed by atoms with van der Waals surface area (Å²) in [5.41, 5.74) is 2.37. The predicted octanol–water partition coefficient (Wildman–Crippen LogP) is 5.85. The Hall–Kier alpha value is -2.99. The van der Waals surface area contributed by atoms with Gasteiger partial charge in [-0.15, -0.1) is 11.3 Å². The molecule has 0 spiro atoms. The number of esters is 1. The van der Waals surface area contributed by atoms with E-state index in [1.807, 2.05) is 70.2 Å². The number of rotatable bonds is 3. The molecule has 0 fully saturated rings. The van der Waals surface area contributed by atoms with E-state index in [1.165, 1.54) is 11.3 Å². The molecule has 0 radical (unpaired) electrons. The number of para-hydroxylation sites is 1. The van der Waals surface area contributed by atoms with Gasteiger partial charge in [0.15, 0.2) is 0 Å². The Balaban J connectivity index is 1.76. The molecule has 142 valence electrons. The van der Waals surface area contributed by atoms with Crippen LogP contribution in [0.4, 0.5) is 11.6 Å². The van der Waals surface area contributed by atoms with Gasteiger partial charge in [-0.1, -0.05) is 18.2 Å². The van der Waals surface area contributed by atoms with Gasteiger partial charge in [-0.25, -0.2) is 14.8 Å². The summed E-state index contributed by atoms with van der Waals surface area (Å²) < 4.78 is 6.50. The van der Waals surface area contributed by atoms with E-state index in [4.69, 9.17) is 9.72 Å². The number of nitrogens with one attached hydrogen (secondary N) is 1. The number of anilines is 2. The highest BCUT2D eigenvalue weighted by Crippen LogP contribution is 2.32. The summed E-state index contributed by atoms with van der Waals surface area (Å²) in [7, 11) is 0. The smallest absolute Gasteiger partial charge is 0.348 e. The quantitative estimate of drug-likeness (QED) is 0.444. The lowest BCUT2D eigenvalue weighted by Gasteiger charge is -2.18. The molecule has 1 N–H and O–H groups in total. The van der Waals surface area contributed by atoms with Crippen molar-refractivity contribution < 1.29 is 9.53 Å². The second-order valence-electron chi connectivity index (χ2n) is 7.66. The molecular formula is C22H21N3O2S. The molecule has 0 unspecified atom stereocenters. The predicted molar refractivity (Wildman–Crippen MR) is 115 cm³/mol. The van der Waals surface area contributed by atoms with E-state index in [0.717, 1.165) is 32.2 Å². The molecule has 0 saturated heterocycles. The first-order valence-electron chi connectivity index (χ1n) is 9.05. The lowest BCUT2D eigenvalue weighted by atomic mass is 10.1. The van der Waals surface area contributed by atoms with E-state index in [1.54, 1.807) is 6.20 Å². The first kappa shape index (κ1) is 18.4. The Labute approximate surface area is 167 Å². The van der Waals surface area contributed by atoms with Gasteiger partial charge in [-0.05, 0) is 57.5 Å². The minimum atomic E-state index is -0.526. The molecule has 0 atom stereocenters. The Morgan fingerprint density at radius 1 is 1.14 bits per heavy atom. The SMILES string of the molecule is Cc1ccccc1Nc1ncc2ccc3sc(C(=O)OC(C)(C)C)cc3c2n1. The average Bonchev–Trinajstić information content (AvgIpc) is 3.07. The second kappa shape index (κ2) is 6.87. The molecular weight excluding hydrogens is 370 g/mol. The van der Waals surface area contributed by atoms with Crippen molar-refractivity contribution in [2.24, 2.45) is 0 Å². The molecule has 4 aromatic rings. The number of hydrogen-bond donors (Lipinski definition) is 1. The van der Waals surface area contributed by atoms with Crippen molar-refractivity contribution in [3.8, 4) is 0 Å². The summed E-state index contributed by atoms with van der Waals surface area (Å²) >= 11 is 1.42. The van der Waals surface area contributed by atoms with Gasteiger partial charge in [0.1, 0.15) is 10.5 Å². The third-order valence-corrected chi connectivity index (χ3v) is 5.32. The molecule has 2 aromatic carbocycles. The minimum absolute atomic E-state index is 0.311. The van der Waals surface area contributed by atoms with Crippen LogP contribution in [0.1, 0.15) is 36.0 Å². The molecule has 28 heavy (non-hydrogen) atoms. The fourth-order valence-corrected chi connectivity index (χ4v) is 3.87. The highest BCUT2D eigenvalue weighted by atomic mass is 32.1. The number of aryl methyl sites for hydroxylation is 1. The summed E-state index contributed by atoms with van der Waals surface area (Å²) in [4.78, 5) is 22.2. The zero-order valence-electron chi connectivity index (χ0n) is 16.2. The zero-order valence-corrected chi connectivity index (χ0v) is 17.1. The molecule has 0 aliphatic heterocycles. The van der Waals surface area contributed by atoms with Crippen LogP contribution in [0, 0.1) is 6.92 Å². The lowest BCUT2D eigenvalue weighted by Crippen LogP contribution is -2.23. The molecule has 0 bridgehead atoms. The molecule has 0 aliphatic rings. The number of aromatic nitrogens is 2. The van der Waals surface area contributed by atoms with E-state index in [2.05, 4.69) is 10.3 Å². The summed E-state index contributed by atoms with van der Waals surface area (Å²) in [6.07, 6.45) is 1.80. The van der Waals surface area contributed by atoms with Gasteiger partial charge in [-0.2, -0.15) is 0 Å². The largest absolute Gasteiger partial charge is 0.456 e. The Morgan fingerprint density at radius 3 is 2.68 bits per heavy atom. The molecule has 4 rings (SSSR count). The summed E-state index contributed by atoms with van der Waals surface area (Å²) in [5.74, 6) is 0.216. The van der Waals surface area contributed by atoms with Crippen LogP contribution < -0.4 is 5.32 Å². The van der Waals surface area contributed by atoms with Crippen LogP contribution in [-0.4, -0.2) is 21.5 Å². The van der Waals surface area contributed by atoms with E-state index < -0.39 is 5.60 Å². The summed E-state index contributed by atoms with van der Waals surface area (Å²) in [5, 5.41) is 5.14. The molecule has 5 nitrogen and oxygen atoms in total. The lowest BCUT2D eigenvalue weighted by molar-refractivity contribution is 0.00753. The van der Waals surface area contributed by atoms with Crippen molar-refractivity contribution in [2.45, 2.75) is 33.3 Å². The highest BCUT2D eigenvalue weighted by molar-refractivity contribution is 7.20. The third-order valence-electron chi connectivity index (χ3n) is 4.24. The maximum atomic E-state index is 12.5. The first-order valence-corrected chi connectivity index (χ1v) is 9.87. The van der Waals surface area contributed by atoms with Crippen molar-refractivity contribution in [3.63, 3.8) is 0 Å². The van der Waals surface area contributed by atoms with Gasteiger partial charge in [0.05, 0.1) is 5.52 Å². The van der Waals surface area contributed by atoms with Crippen molar-refractivity contribution in [1.82, 2.24) is 9.97 Å². The van der Waals surface area contributed by atoms with Gasteiger partial charge < -0.3 is 10.1 Å². The van der Waals surface area contributed by atoms with Crippen molar-refractivity contribution in [3.05, 3.63) is 59.1 Å². The van der Waals surface area contributed by atoms with Gasteiger partial charge in [0.2, 0.25) is 5.95 Å². The second-order valence-corrected chi connectivity index (χ2v) is 8.75. The van der Waals surface area contributed by atoms with Gasteiger partial charge in [0.25, 0.3) is 0 Å². The van der Waals surface area contributed by atoms with E-state index in [0.29, 0.717) is 10.8 Å². The van der Waals surface area contributed by atoms with Gasteiger partial charge in [0, 0.05) is 27.4 Å². The number of benzene rings is 2. The maximum absolute atomic E-state index is 12.5. The van der Waals surface area contributed by atoms with Crippen LogP contribution >= 0.6 is 11.3 Å². The monoisotopic (exact) mass is 391 g/mol. The molecule has 2 aromatic heterocycles. The fraction of sp³-hybridized carbons (Fsp3) is 0.227. The van der Waals surface area contributed by atoms with Crippen molar-refractivity contribution >= 4 is 49.9 Å². The summed E-state index contributed by atoms with van der Waals surface area (Å²) in [6.45, 7) is 7.63. The number of carbonyl (C=O) groups excluding carboxylic acids is 1. The van der Waals surface area contributed by atoms with Crippen LogP contribution in [0.5, 0.6) is 0 Å². The standard InChI is InChI=1S/C22H21N3O2S/c1-13-7-5-6-8-16(13)24-21-23-12-14-9-10-17-15(19(14)25-21)11-18(28-17)20(26)27-22(2,3)4/h5-12H,1-4H3,(H,23,24,25). The molecule has 0 amide bonds. The van der Waals surface area contributed by atoms with Crippen LogP contribution in [0.25, 0.3) is 21.0 Å². The first-order chi connectivity index (χ1) is 13.3. The minimum Gasteiger partial charge on any atom is -0.456 e. The Kier molecular flexibility index (Phi) is 4.51. The molecule has 0 saturated carbocycles. The molecule has 2 heterocycles. The maximum Gasteiger partial charge on any atom is 0.348 e. The van der Waals surface area contributed by atoms with Crippen LogP contribution in [0.15, 0.2) is 48.7 Å². The van der Waals surface area contributed by atoms with Crippen LogP contribution in [0.3, 0.4) is 0 Å². The van der Waals surface area contributed by atoms with Crippen molar-refractivity contribution in [1.29, 1.82) is 0 Å². The number of hydrogen-bond acceptors (Lipinski definition) is 6. The van der Waals surface area contributed by atoms with E-state index in [9.17, 15) is 4.79 Å². The number of thiophene rings is 1.